The zero-order valence-electron chi connectivity index (χ0n) is 11.6. The van der Waals surface area contributed by atoms with Crippen LogP contribution in [0.3, 0.4) is 0 Å². The number of carbonyl (C=O) groups is 2. The molecule has 0 aliphatic heterocycles. The molecule has 1 aromatic rings. The van der Waals surface area contributed by atoms with E-state index >= 15 is 0 Å². The number of unbranched alkanes of at least 4 members (excludes halogenated alkanes) is 1. The van der Waals surface area contributed by atoms with Gasteiger partial charge in [0, 0.05) is 31.5 Å². The summed E-state index contributed by atoms with van der Waals surface area (Å²) >= 11 is 0. The number of carboxylic acids is 1. The first-order valence-electron chi connectivity index (χ1n) is 6.70. The second kappa shape index (κ2) is 9.03. The predicted molar refractivity (Wildman–Crippen MR) is 73.9 cm³/mol. The monoisotopic (exact) mass is 280 g/mol. The van der Waals surface area contributed by atoms with Crippen LogP contribution in [0.4, 0.5) is 0 Å². The van der Waals surface area contributed by atoms with Crippen molar-refractivity contribution in [1.29, 1.82) is 0 Å². The van der Waals surface area contributed by atoms with Crippen molar-refractivity contribution in [2.75, 3.05) is 19.8 Å². The summed E-state index contributed by atoms with van der Waals surface area (Å²) in [5, 5.41) is 11.5. The molecular formula is C14H20N2O4. The van der Waals surface area contributed by atoms with E-state index in [-0.39, 0.29) is 11.6 Å². The Morgan fingerprint density at radius 2 is 2.10 bits per heavy atom. The lowest BCUT2D eigenvalue weighted by Gasteiger charge is -2.06. The Labute approximate surface area is 118 Å². The van der Waals surface area contributed by atoms with Crippen LogP contribution in [0.1, 0.15) is 47.0 Å². The maximum absolute atomic E-state index is 11.8. The third-order valence-corrected chi connectivity index (χ3v) is 2.63. The number of aromatic nitrogens is 1. The molecule has 0 fully saturated rings. The van der Waals surface area contributed by atoms with Gasteiger partial charge in [0.05, 0.1) is 0 Å². The molecule has 1 heterocycles. The Kier molecular flexibility index (Phi) is 7.27. The second-order valence-corrected chi connectivity index (χ2v) is 4.31. The molecule has 6 heteroatoms. The summed E-state index contributed by atoms with van der Waals surface area (Å²) in [5.41, 5.74) is 0.157. The molecule has 20 heavy (non-hydrogen) atoms. The van der Waals surface area contributed by atoms with Crippen LogP contribution in [0, 0.1) is 0 Å². The molecule has 0 unspecified atom stereocenters. The van der Waals surface area contributed by atoms with E-state index in [0.717, 1.165) is 25.9 Å². The highest BCUT2D eigenvalue weighted by atomic mass is 16.5. The number of rotatable bonds is 9. The number of hydrogen-bond acceptors (Lipinski definition) is 4. The lowest BCUT2D eigenvalue weighted by Crippen LogP contribution is -2.25. The van der Waals surface area contributed by atoms with Crippen molar-refractivity contribution >= 4 is 11.9 Å². The standard InChI is InChI=1S/C14H20N2O4/c1-2-3-8-20-9-4-6-16-13(17)11-5-7-15-12(10-11)14(18)19/h5,7,10H,2-4,6,8-9H2,1H3,(H,16,17)(H,18,19). The van der Waals surface area contributed by atoms with E-state index in [1.165, 1.54) is 18.3 Å². The van der Waals surface area contributed by atoms with Crippen molar-refractivity contribution in [3.05, 3.63) is 29.6 Å². The molecule has 0 spiro atoms. The molecule has 0 bridgehead atoms. The third kappa shape index (κ3) is 5.79. The van der Waals surface area contributed by atoms with Gasteiger partial charge in [0.2, 0.25) is 0 Å². The number of ether oxygens (including phenoxy) is 1. The van der Waals surface area contributed by atoms with Gasteiger partial charge in [-0.25, -0.2) is 9.78 Å². The van der Waals surface area contributed by atoms with Crippen LogP contribution in [-0.2, 0) is 4.74 Å². The van der Waals surface area contributed by atoms with E-state index in [0.29, 0.717) is 18.7 Å². The van der Waals surface area contributed by atoms with E-state index in [1.807, 2.05) is 0 Å². The lowest BCUT2D eigenvalue weighted by atomic mass is 10.2. The highest BCUT2D eigenvalue weighted by Crippen LogP contribution is 2.02. The quantitative estimate of drug-likeness (QED) is 0.672. The molecule has 0 saturated carbocycles. The van der Waals surface area contributed by atoms with Gasteiger partial charge in [0.1, 0.15) is 5.69 Å². The van der Waals surface area contributed by atoms with Crippen molar-refractivity contribution in [2.24, 2.45) is 0 Å². The fourth-order valence-corrected chi connectivity index (χ4v) is 1.52. The van der Waals surface area contributed by atoms with Gasteiger partial charge in [-0.15, -0.1) is 0 Å². The normalized spacial score (nSPS) is 10.2. The molecule has 2 N–H and O–H groups in total. The summed E-state index contributed by atoms with van der Waals surface area (Å²) in [6.45, 7) is 3.95. The molecule has 6 nitrogen and oxygen atoms in total. The average molecular weight is 280 g/mol. The fraction of sp³-hybridized carbons (Fsp3) is 0.500. The first-order chi connectivity index (χ1) is 9.65. The lowest BCUT2D eigenvalue weighted by molar-refractivity contribution is 0.0690. The highest BCUT2D eigenvalue weighted by Gasteiger charge is 2.09. The summed E-state index contributed by atoms with van der Waals surface area (Å²) in [5.74, 6) is -1.45. The minimum Gasteiger partial charge on any atom is -0.477 e. The maximum atomic E-state index is 11.8. The molecule has 0 atom stereocenters. The summed E-state index contributed by atoms with van der Waals surface area (Å²) in [4.78, 5) is 26.2. The van der Waals surface area contributed by atoms with Crippen LogP contribution in [0.15, 0.2) is 18.3 Å². The number of nitrogens with one attached hydrogen (secondary N) is 1. The number of pyridine rings is 1. The second-order valence-electron chi connectivity index (χ2n) is 4.31. The van der Waals surface area contributed by atoms with E-state index in [2.05, 4.69) is 17.2 Å². The molecule has 1 rings (SSSR count). The van der Waals surface area contributed by atoms with Crippen LogP contribution < -0.4 is 5.32 Å². The van der Waals surface area contributed by atoms with Crippen molar-refractivity contribution in [2.45, 2.75) is 26.2 Å². The molecular weight excluding hydrogens is 260 g/mol. The first kappa shape index (κ1) is 16.1. The molecule has 1 aromatic heterocycles. The zero-order chi connectivity index (χ0) is 14.8. The molecule has 0 saturated heterocycles. The molecule has 1 amide bonds. The smallest absolute Gasteiger partial charge is 0.354 e. The van der Waals surface area contributed by atoms with Crippen LogP contribution in [0.5, 0.6) is 0 Å². The summed E-state index contributed by atoms with van der Waals surface area (Å²) in [6, 6.07) is 2.74. The number of carbonyl (C=O) groups excluding carboxylic acids is 1. The molecule has 110 valence electrons. The van der Waals surface area contributed by atoms with Crippen molar-refractivity contribution < 1.29 is 19.4 Å². The highest BCUT2D eigenvalue weighted by molar-refractivity contribution is 5.96. The van der Waals surface area contributed by atoms with Gasteiger partial charge >= 0.3 is 5.97 Å². The van der Waals surface area contributed by atoms with E-state index < -0.39 is 5.97 Å². The topological polar surface area (TPSA) is 88.5 Å². The Balaban J connectivity index is 2.29. The number of aromatic carboxylic acids is 1. The molecule has 0 aliphatic rings. The van der Waals surface area contributed by atoms with Crippen molar-refractivity contribution in [3.8, 4) is 0 Å². The van der Waals surface area contributed by atoms with Gasteiger partial charge in [-0.05, 0) is 25.0 Å². The Morgan fingerprint density at radius 1 is 1.35 bits per heavy atom. The van der Waals surface area contributed by atoms with Crippen LogP contribution in [0.25, 0.3) is 0 Å². The average Bonchev–Trinajstić information content (AvgIpc) is 2.46. The number of carboxylic acid groups (broad SMARTS) is 1. The van der Waals surface area contributed by atoms with E-state index in [9.17, 15) is 9.59 Å². The number of nitrogens with zero attached hydrogens (tertiary/aromatic N) is 1. The van der Waals surface area contributed by atoms with Crippen LogP contribution in [0.2, 0.25) is 0 Å². The maximum Gasteiger partial charge on any atom is 0.354 e. The van der Waals surface area contributed by atoms with Crippen LogP contribution >= 0.6 is 0 Å². The van der Waals surface area contributed by atoms with Gasteiger partial charge in [-0.2, -0.15) is 0 Å². The zero-order valence-corrected chi connectivity index (χ0v) is 11.6. The largest absolute Gasteiger partial charge is 0.477 e. The van der Waals surface area contributed by atoms with Crippen molar-refractivity contribution in [1.82, 2.24) is 10.3 Å². The minimum atomic E-state index is -1.15. The Morgan fingerprint density at radius 3 is 2.80 bits per heavy atom. The number of hydrogen-bond donors (Lipinski definition) is 2. The summed E-state index contributed by atoms with van der Waals surface area (Å²) < 4.78 is 5.37. The molecule has 0 radical (unpaired) electrons. The van der Waals surface area contributed by atoms with Gasteiger partial charge in [0.25, 0.3) is 5.91 Å². The van der Waals surface area contributed by atoms with Gasteiger partial charge in [-0.3, -0.25) is 4.79 Å². The van der Waals surface area contributed by atoms with E-state index in [4.69, 9.17) is 9.84 Å². The fourth-order valence-electron chi connectivity index (χ4n) is 1.52. The predicted octanol–water partition coefficient (Wildman–Crippen LogP) is 1.72. The summed E-state index contributed by atoms with van der Waals surface area (Å²) in [6.07, 6.45) is 4.19. The van der Waals surface area contributed by atoms with Gasteiger partial charge < -0.3 is 15.2 Å². The van der Waals surface area contributed by atoms with Crippen molar-refractivity contribution in [3.63, 3.8) is 0 Å². The Hall–Kier alpha value is -1.95. The third-order valence-electron chi connectivity index (χ3n) is 2.63. The minimum absolute atomic E-state index is 0.138. The van der Waals surface area contributed by atoms with Gasteiger partial charge in [0.15, 0.2) is 0 Å². The summed E-state index contributed by atoms with van der Waals surface area (Å²) in [7, 11) is 0. The van der Waals surface area contributed by atoms with Gasteiger partial charge in [-0.1, -0.05) is 13.3 Å². The molecule has 0 aromatic carbocycles. The Bertz CT molecular complexity index is 449. The van der Waals surface area contributed by atoms with Crippen LogP contribution in [-0.4, -0.2) is 41.7 Å². The molecule has 0 aliphatic carbocycles. The SMILES string of the molecule is CCCCOCCCNC(=O)c1ccnc(C(=O)O)c1. The van der Waals surface area contributed by atoms with E-state index in [1.54, 1.807) is 0 Å². The first-order valence-corrected chi connectivity index (χ1v) is 6.70. The number of amides is 1.